The molecule has 4 aromatic rings. The first-order valence-electron chi connectivity index (χ1n) is 19.5. The number of para-hydroxylation sites is 1. The summed E-state index contributed by atoms with van der Waals surface area (Å²) in [6, 6.07) is 30.4. The lowest BCUT2D eigenvalue weighted by molar-refractivity contribution is 0.156. The van der Waals surface area contributed by atoms with Crippen LogP contribution >= 0.6 is 35.3 Å². The van der Waals surface area contributed by atoms with Crippen molar-refractivity contribution in [3.8, 4) is 0 Å². The Morgan fingerprint density at radius 2 is 1.45 bits per heavy atom. The van der Waals surface area contributed by atoms with Crippen molar-refractivity contribution in [2.45, 2.75) is 67.5 Å². The fourth-order valence-corrected chi connectivity index (χ4v) is 11.4. The minimum Gasteiger partial charge on any atom is -0.340 e. The first kappa shape index (κ1) is 40.5. The van der Waals surface area contributed by atoms with Crippen LogP contribution in [0.3, 0.4) is 0 Å². The van der Waals surface area contributed by atoms with Crippen molar-refractivity contribution >= 4 is 62.3 Å². The number of likely N-dealkylation sites (N-methyl/N-ethyl adjacent to an activating group) is 1. The van der Waals surface area contributed by atoms with Crippen LogP contribution in [0.2, 0.25) is 0 Å². The Bertz CT molecular complexity index is 2100. The second kappa shape index (κ2) is 18.2. The standard InChI is InChI=1S/C23H29N3O2S2.C21H26N2S2/c1-24(2)30(27,28)18-10-11-23-21(17-18)19(20-7-4-5-9-22(20)29-23)8-6-12-26-15-13-25(3)14-16-26;1-22-13-6-5-7-16(22)12-14-23-18-8-3-4-9-20(18)25-21-11-10-17(24-2)15-19(21)23/h4-5,7-11,17H,6,12-16H2,1-3H3;3-4,8-11,15-16H,5-7,12-14H2,1-2H3/b19-8-;. The Hall–Kier alpha value is -2.74. The molecule has 2 saturated heterocycles. The number of benzene rings is 4. The Balaban J connectivity index is 0.000000172. The molecule has 0 spiro atoms. The van der Waals surface area contributed by atoms with E-state index in [0.29, 0.717) is 4.90 Å². The fourth-order valence-electron chi connectivity index (χ4n) is 7.87. The van der Waals surface area contributed by atoms with E-state index < -0.39 is 10.0 Å². The predicted octanol–water partition coefficient (Wildman–Crippen LogP) is 9.36. The maximum absolute atomic E-state index is 12.7. The number of piperidine rings is 1. The van der Waals surface area contributed by atoms with Crippen molar-refractivity contribution in [1.29, 1.82) is 0 Å². The zero-order chi connectivity index (χ0) is 38.5. The quantitative estimate of drug-likeness (QED) is 0.136. The zero-order valence-corrected chi connectivity index (χ0v) is 36.2. The van der Waals surface area contributed by atoms with Gasteiger partial charge in [-0.2, -0.15) is 0 Å². The van der Waals surface area contributed by atoms with Gasteiger partial charge in [0.1, 0.15) is 0 Å². The molecule has 0 amide bonds. The van der Waals surface area contributed by atoms with E-state index in [1.807, 2.05) is 35.7 Å². The summed E-state index contributed by atoms with van der Waals surface area (Å²) in [5, 5.41) is 0. The normalized spacial score (nSPS) is 19.6. The molecule has 0 bridgehead atoms. The molecule has 4 aromatic carbocycles. The number of hydrogen-bond donors (Lipinski definition) is 0. The summed E-state index contributed by atoms with van der Waals surface area (Å²) in [6.07, 6.45) is 10.7. The molecule has 0 aromatic heterocycles. The third-order valence-corrected chi connectivity index (χ3v) is 16.1. The van der Waals surface area contributed by atoms with Gasteiger partial charge in [-0.15, -0.1) is 11.8 Å². The number of likely N-dealkylation sites (tertiary alicyclic amines) is 1. The van der Waals surface area contributed by atoms with Crippen molar-refractivity contribution in [3.05, 3.63) is 102 Å². The van der Waals surface area contributed by atoms with E-state index in [-0.39, 0.29) is 0 Å². The molecule has 1 unspecified atom stereocenters. The number of thioether (sulfide) groups is 1. The second-order valence-corrected chi connectivity index (χ2v) is 20.3. The summed E-state index contributed by atoms with van der Waals surface area (Å²) in [6.45, 7) is 7.82. The molecule has 8 rings (SSSR count). The van der Waals surface area contributed by atoms with E-state index >= 15 is 0 Å². The van der Waals surface area contributed by atoms with Crippen molar-refractivity contribution in [2.24, 2.45) is 0 Å². The lowest BCUT2D eigenvalue weighted by Crippen LogP contribution is -2.44. The summed E-state index contributed by atoms with van der Waals surface area (Å²) >= 11 is 5.44. The molecule has 0 aliphatic carbocycles. The van der Waals surface area contributed by atoms with Crippen LogP contribution in [-0.4, -0.2) is 114 Å². The Morgan fingerprint density at radius 3 is 2.22 bits per heavy atom. The van der Waals surface area contributed by atoms with Crippen LogP contribution in [0.25, 0.3) is 5.57 Å². The van der Waals surface area contributed by atoms with Gasteiger partial charge >= 0.3 is 0 Å². The molecule has 11 heteroatoms. The number of piperazine rings is 1. The molecule has 55 heavy (non-hydrogen) atoms. The van der Waals surface area contributed by atoms with Crippen LogP contribution in [0, 0.1) is 0 Å². The highest BCUT2D eigenvalue weighted by Gasteiger charge is 2.27. The highest BCUT2D eigenvalue weighted by Crippen LogP contribution is 2.49. The van der Waals surface area contributed by atoms with Gasteiger partial charge in [-0.25, -0.2) is 12.7 Å². The highest BCUT2D eigenvalue weighted by molar-refractivity contribution is 8.00. The maximum atomic E-state index is 12.7. The monoisotopic (exact) mass is 813 g/mol. The van der Waals surface area contributed by atoms with Gasteiger partial charge in [-0.3, -0.25) is 0 Å². The minimum absolute atomic E-state index is 0.344. The molecular formula is C44H55N5O2S4. The van der Waals surface area contributed by atoms with Crippen molar-refractivity contribution < 1.29 is 8.42 Å². The third kappa shape index (κ3) is 9.36. The van der Waals surface area contributed by atoms with Gasteiger partial charge in [-0.05, 0) is 124 Å². The van der Waals surface area contributed by atoms with Gasteiger partial charge in [0.2, 0.25) is 10.0 Å². The molecule has 0 saturated carbocycles. The summed E-state index contributed by atoms with van der Waals surface area (Å²) < 4.78 is 26.7. The van der Waals surface area contributed by atoms with E-state index in [4.69, 9.17) is 0 Å². The number of fused-ring (bicyclic) bond motifs is 4. The molecule has 0 radical (unpaired) electrons. The Kier molecular flexibility index (Phi) is 13.4. The maximum Gasteiger partial charge on any atom is 0.242 e. The molecule has 4 heterocycles. The molecule has 4 aliphatic rings. The first-order valence-corrected chi connectivity index (χ1v) is 23.8. The largest absolute Gasteiger partial charge is 0.340 e. The van der Waals surface area contributed by atoms with Gasteiger partial charge in [0.25, 0.3) is 0 Å². The highest BCUT2D eigenvalue weighted by atomic mass is 32.2. The van der Waals surface area contributed by atoms with Gasteiger partial charge in [0.15, 0.2) is 0 Å². The third-order valence-electron chi connectivity index (χ3n) is 11.2. The molecule has 1 atom stereocenters. The smallest absolute Gasteiger partial charge is 0.242 e. The molecule has 2 fully saturated rings. The average Bonchev–Trinajstić information content (AvgIpc) is 3.20. The van der Waals surface area contributed by atoms with E-state index in [0.717, 1.165) is 67.8 Å². The van der Waals surface area contributed by atoms with Gasteiger partial charge in [0.05, 0.1) is 16.3 Å². The number of anilines is 2. The average molecular weight is 814 g/mol. The van der Waals surface area contributed by atoms with Crippen LogP contribution in [0.4, 0.5) is 11.4 Å². The summed E-state index contributed by atoms with van der Waals surface area (Å²) in [4.78, 5) is 16.8. The summed E-state index contributed by atoms with van der Waals surface area (Å²) in [5.41, 5.74) is 6.10. The van der Waals surface area contributed by atoms with Crippen LogP contribution in [0.5, 0.6) is 0 Å². The van der Waals surface area contributed by atoms with Gasteiger partial charge in [-0.1, -0.05) is 66.4 Å². The number of rotatable bonds is 9. The second-order valence-electron chi connectivity index (χ2n) is 15.1. The fraction of sp³-hybridized carbons (Fsp3) is 0.409. The molecule has 4 aliphatic heterocycles. The van der Waals surface area contributed by atoms with Crippen LogP contribution in [-0.2, 0) is 10.0 Å². The van der Waals surface area contributed by atoms with Crippen molar-refractivity contribution in [3.63, 3.8) is 0 Å². The lowest BCUT2D eigenvalue weighted by atomic mass is 9.96. The van der Waals surface area contributed by atoms with Crippen molar-refractivity contribution in [1.82, 2.24) is 19.0 Å². The van der Waals surface area contributed by atoms with Gasteiger partial charge in [0, 0.05) is 83.9 Å². The number of hydrogen-bond acceptors (Lipinski definition) is 9. The summed E-state index contributed by atoms with van der Waals surface area (Å²) in [7, 11) is 4.15. The van der Waals surface area contributed by atoms with E-state index in [2.05, 4.69) is 113 Å². The minimum atomic E-state index is -3.47. The molecular weight excluding hydrogens is 759 g/mol. The topological polar surface area (TPSA) is 50.3 Å². The molecule has 0 N–H and O–H groups in total. The molecule has 292 valence electrons. The Morgan fingerprint density at radius 1 is 0.764 bits per heavy atom. The van der Waals surface area contributed by atoms with E-state index in [9.17, 15) is 8.42 Å². The van der Waals surface area contributed by atoms with Crippen LogP contribution < -0.4 is 4.90 Å². The van der Waals surface area contributed by atoms with Crippen molar-refractivity contribution in [2.75, 3.05) is 85.2 Å². The Labute approximate surface area is 342 Å². The van der Waals surface area contributed by atoms with E-state index in [1.165, 1.54) is 73.1 Å². The van der Waals surface area contributed by atoms with Crippen LogP contribution in [0.15, 0.2) is 120 Å². The van der Waals surface area contributed by atoms with E-state index in [1.54, 1.807) is 31.9 Å². The summed E-state index contributed by atoms with van der Waals surface area (Å²) in [5.74, 6) is 0. The van der Waals surface area contributed by atoms with Gasteiger partial charge < -0.3 is 19.6 Å². The molecule has 7 nitrogen and oxygen atoms in total. The first-order chi connectivity index (χ1) is 26.6. The number of sulfonamides is 1. The SMILES string of the molecule is CN1CCN(CC/C=C2/c3ccccc3Sc3ccc(S(=O)(=O)N(C)C)cc32)CC1.CSc1ccc2c(c1)N(CCC1CCCCN1C)c1ccccc1S2. The predicted molar refractivity (Wildman–Crippen MR) is 234 cm³/mol. The van der Waals surface area contributed by atoms with Crippen LogP contribution in [0.1, 0.15) is 43.2 Å². The lowest BCUT2D eigenvalue weighted by Gasteiger charge is -2.37. The number of nitrogens with zero attached hydrogens (tertiary/aromatic N) is 5. The zero-order valence-electron chi connectivity index (χ0n) is 32.9.